The Kier molecular flexibility index (Phi) is 6.08. The highest BCUT2D eigenvalue weighted by atomic mass is 16.5. The summed E-state index contributed by atoms with van der Waals surface area (Å²) < 4.78 is 16.9. The van der Waals surface area contributed by atoms with E-state index in [1.807, 2.05) is 45.0 Å². The van der Waals surface area contributed by atoms with Gasteiger partial charge in [0.15, 0.2) is 0 Å². The molecule has 2 aliphatic rings. The summed E-state index contributed by atoms with van der Waals surface area (Å²) in [6.07, 6.45) is 2.64. The molecule has 0 radical (unpaired) electrons. The van der Waals surface area contributed by atoms with Gasteiger partial charge in [-0.15, -0.1) is 0 Å². The van der Waals surface area contributed by atoms with Crippen LogP contribution in [0, 0.1) is 11.3 Å². The van der Waals surface area contributed by atoms with Gasteiger partial charge in [0.2, 0.25) is 5.91 Å². The number of nitrogens with two attached hydrogens (primary N) is 1. The van der Waals surface area contributed by atoms with Gasteiger partial charge in [-0.05, 0) is 49.9 Å². The zero-order valence-corrected chi connectivity index (χ0v) is 16.6. The van der Waals surface area contributed by atoms with E-state index in [4.69, 9.17) is 19.9 Å². The first-order valence-corrected chi connectivity index (χ1v) is 9.89. The number of nitrogens with one attached hydrogen (secondary N) is 1. The molecule has 1 aromatic carbocycles. The maximum Gasteiger partial charge on any atom is 0.245 e. The predicted molar refractivity (Wildman–Crippen MR) is 105 cm³/mol. The first-order chi connectivity index (χ1) is 12.9. The Balaban J connectivity index is 1.52. The predicted octanol–water partition coefficient (Wildman–Crippen LogP) is 2.96. The third-order valence-corrected chi connectivity index (χ3v) is 6.17. The van der Waals surface area contributed by atoms with Crippen molar-refractivity contribution in [3.8, 4) is 5.75 Å². The Morgan fingerprint density at radius 3 is 2.52 bits per heavy atom. The van der Waals surface area contributed by atoms with Gasteiger partial charge in [-0.3, -0.25) is 4.79 Å². The summed E-state index contributed by atoms with van der Waals surface area (Å²) >= 11 is 0. The van der Waals surface area contributed by atoms with Gasteiger partial charge < -0.3 is 25.3 Å². The van der Waals surface area contributed by atoms with Crippen molar-refractivity contribution in [1.82, 2.24) is 0 Å². The van der Waals surface area contributed by atoms with E-state index in [0.717, 1.165) is 37.5 Å². The van der Waals surface area contributed by atoms with Crippen LogP contribution in [0.2, 0.25) is 0 Å². The van der Waals surface area contributed by atoms with Crippen LogP contribution in [-0.2, 0) is 14.3 Å². The Bertz CT molecular complexity index is 640. The number of anilines is 1. The molecule has 150 valence electrons. The normalized spacial score (nSPS) is 27.6. The lowest BCUT2D eigenvalue weighted by Gasteiger charge is -2.57. The number of benzene rings is 1. The largest absolute Gasteiger partial charge is 0.493 e. The minimum Gasteiger partial charge on any atom is -0.493 e. The highest BCUT2D eigenvalue weighted by Crippen LogP contribution is 2.50. The highest BCUT2D eigenvalue weighted by Gasteiger charge is 2.62. The van der Waals surface area contributed by atoms with Crippen LogP contribution < -0.4 is 15.8 Å². The lowest BCUT2D eigenvalue weighted by Crippen LogP contribution is -2.74. The van der Waals surface area contributed by atoms with Crippen LogP contribution in [0.1, 0.15) is 40.0 Å². The number of carbonyl (C=O) groups is 1. The van der Waals surface area contributed by atoms with Crippen LogP contribution in [0.5, 0.6) is 5.75 Å². The number of carbonyl (C=O) groups excluding carboxylic acids is 1. The number of rotatable bonds is 7. The number of amides is 1. The van der Waals surface area contributed by atoms with Crippen molar-refractivity contribution in [2.75, 3.05) is 31.7 Å². The van der Waals surface area contributed by atoms with Crippen LogP contribution in [-0.4, -0.2) is 44.0 Å². The van der Waals surface area contributed by atoms with E-state index in [-0.39, 0.29) is 12.0 Å². The maximum absolute atomic E-state index is 12.8. The summed E-state index contributed by atoms with van der Waals surface area (Å²) in [6.45, 7) is 8.90. The van der Waals surface area contributed by atoms with Gasteiger partial charge in [0.1, 0.15) is 11.3 Å². The summed E-state index contributed by atoms with van der Waals surface area (Å²) in [7, 11) is 0. The number of ether oxygens (including phenoxy) is 3. The third-order valence-electron chi connectivity index (χ3n) is 6.17. The lowest BCUT2D eigenvalue weighted by molar-refractivity contribution is -0.166. The average molecular weight is 376 g/mol. The minimum absolute atomic E-state index is 0.0132. The summed E-state index contributed by atoms with van der Waals surface area (Å²) in [4.78, 5) is 12.8. The van der Waals surface area contributed by atoms with Crippen LogP contribution in [0.25, 0.3) is 0 Å². The SMILES string of the molecule is CCOC1CC(N)(C(=O)Nc2ccc(OCC3CCOCC3)cc2)C1(C)C. The molecule has 1 aromatic rings. The van der Waals surface area contributed by atoms with Crippen LogP contribution in [0.15, 0.2) is 24.3 Å². The topological polar surface area (TPSA) is 82.8 Å². The van der Waals surface area contributed by atoms with Crippen molar-refractivity contribution in [1.29, 1.82) is 0 Å². The maximum atomic E-state index is 12.8. The fourth-order valence-electron chi connectivity index (χ4n) is 3.82. The summed E-state index contributed by atoms with van der Waals surface area (Å²) in [5, 5.41) is 2.94. The molecule has 6 nitrogen and oxygen atoms in total. The fourth-order valence-corrected chi connectivity index (χ4v) is 3.82. The van der Waals surface area contributed by atoms with Gasteiger partial charge in [-0.25, -0.2) is 0 Å². The molecule has 3 rings (SSSR count). The zero-order valence-electron chi connectivity index (χ0n) is 16.6. The van der Waals surface area contributed by atoms with E-state index in [1.54, 1.807) is 0 Å². The molecule has 6 heteroatoms. The van der Waals surface area contributed by atoms with E-state index >= 15 is 0 Å². The first-order valence-electron chi connectivity index (χ1n) is 9.89. The van der Waals surface area contributed by atoms with Crippen molar-refractivity contribution in [2.45, 2.75) is 51.7 Å². The van der Waals surface area contributed by atoms with Crippen molar-refractivity contribution < 1.29 is 19.0 Å². The van der Waals surface area contributed by atoms with Crippen molar-refractivity contribution in [3.05, 3.63) is 24.3 Å². The second kappa shape index (κ2) is 8.17. The van der Waals surface area contributed by atoms with Gasteiger partial charge in [0.05, 0.1) is 12.7 Å². The average Bonchev–Trinajstić information content (AvgIpc) is 2.68. The molecule has 0 bridgehead atoms. The molecule has 2 atom stereocenters. The quantitative estimate of drug-likeness (QED) is 0.764. The molecule has 1 saturated heterocycles. The summed E-state index contributed by atoms with van der Waals surface area (Å²) in [6, 6.07) is 7.47. The van der Waals surface area contributed by atoms with Gasteiger partial charge in [-0.2, -0.15) is 0 Å². The molecule has 2 unspecified atom stereocenters. The van der Waals surface area contributed by atoms with Crippen LogP contribution >= 0.6 is 0 Å². The van der Waals surface area contributed by atoms with Crippen molar-refractivity contribution in [2.24, 2.45) is 17.1 Å². The second-order valence-electron chi connectivity index (χ2n) is 8.19. The standard InChI is InChI=1S/C21H32N2O4/c1-4-26-18-13-21(22,20(18,2)3)19(24)23-16-5-7-17(8-6-16)27-14-15-9-11-25-12-10-15/h5-8,15,18H,4,9-14,22H2,1-3H3,(H,23,24). The monoisotopic (exact) mass is 376 g/mol. The van der Waals surface area contributed by atoms with Gasteiger partial charge >= 0.3 is 0 Å². The van der Waals surface area contributed by atoms with E-state index in [1.165, 1.54) is 0 Å². The van der Waals surface area contributed by atoms with Crippen LogP contribution in [0.3, 0.4) is 0 Å². The number of hydrogen-bond acceptors (Lipinski definition) is 5. The molecule has 2 fully saturated rings. The molecule has 27 heavy (non-hydrogen) atoms. The van der Waals surface area contributed by atoms with Crippen molar-refractivity contribution in [3.63, 3.8) is 0 Å². The van der Waals surface area contributed by atoms with E-state index in [0.29, 0.717) is 25.6 Å². The molecule has 1 aliphatic carbocycles. The fraction of sp³-hybridized carbons (Fsp3) is 0.667. The number of hydrogen-bond donors (Lipinski definition) is 2. The smallest absolute Gasteiger partial charge is 0.245 e. The highest BCUT2D eigenvalue weighted by molar-refractivity contribution is 5.99. The second-order valence-corrected chi connectivity index (χ2v) is 8.19. The molecular weight excluding hydrogens is 344 g/mol. The minimum atomic E-state index is -0.926. The van der Waals surface area contributed by atoms with Gasteiger partial charge in [-0.1, -0.05) is 13.8 Å². The summed E-state index contributed by atoms with van der Waals surface area (Å²) in [5.41, 5.74) is 5.82. The Hall–Kier alpha value is -1.63. The van der Waals surface area contributed by atoms with Crippen LogP contribution in [0.4, 0.5) is 5.69 Å². The van der Waals surface area contributed by atoms with Gasteiger partial charge in [0, 0.05) is 37.3 Å². The molecule has 0 aromatic heterocycles. The van der Waals surface area contributed by atoms with Crippen molar-refractivity contribution >= 4 is 11.6 Å². The first kappa shape index (κ1) is 20.1. The molecule has 0 spiro atoms. The van der Waals surface area contributed by atoms with E-state index in [9.17, 15) is 4.79 Å². The molecule has 3 N–H and O–H groups in total. The molecule has 1 amide bonds. The molecular formula is C21H32N2O4. The van der Waals surface area contributed by atoms with E-state index in [2.05, 4.69) is 5.32 Å². The Morgan fingerprint density at radius 1 is 1.26 bits per heavy atom. The molecule has 1 aliphatic heterocycles. The summed E-state index contributed by atoms with van der Waals surface area (Å²) in [5.74, 6) is 1.19. The Morgan fingerprint density at radius 2 is 1.93 bits per heavy atom. The lowest BCUT2D eigenvalue weighted by atomic mass is 9.54. The zero-order chi connectivity index (χ0) is 19.5. The van der Waals surface area contributed by atoms with Gasteiger partial charge in [0.25, 0.3) is 0 Å². The molecule has 1 heterocycles. The molecule has 1 saturated carbocycles. The Labute approximate surface area is 161 Å². The third kappa shape index (κ3) is 4.13. The van der Waals surface area contributed by atoms with E-state index < -0.39 is 11.0 Å².